The third kappa shape index (κ3) is 4.82. The van der Waals surface area contributed by atoms with Crippen LogP contribution < -0.4 is 5.32 Å². The number of hydrogen-bond donors (Lipinski definition) is 1. The molecule has 2 rings (SSSR count). The van der Waals surface area contributed by atoms with E-state index in [9.17, 15) is 18.0 Å². The molecule has 4 nitrogen and oxygen atoms in total. The van der Waals surface area contributed by atoms with Crippen molar-refractivity contribution in [2.45, 2.75) is 26.4 Å². The van der Waals surface area contributed by atoms with Gasteiger partial charge in [0.1, 0.15) is 0 Å². The lowest BCUT2D eigenvalue weighted by molar-refractivity contribution is -0.126. The van der Waals surface area contributed by atoms with Gasteiger partial charge < -0.3 is 10.2 Å². The zero-order chi connectivity index (χ0) is 18.4. The molecule has 0 aromatic heterocycles. The van der Waals surface area contributed by atoms with Crippen molar-refractivity contribution in [1.82, 2.24) is 0 Å². The molecule has 0 aliphatic heterocycles. The number of nitrogens with zero attached hydrogens (tertiary/aromatic N) is 1. The van der Waals surface area contributed by atoms with Crippen molar-refractivity contribution in [3.05, 3.63) is 65.0 Å². The first kappa shape index (κ1) is 18.5. The molecule has 1 atom stereocenters. The Morgan fingerprint density at radius 1 is 1.16 bits per heavy atom. The Morgan fingerprint density at radius 3 is 2.48 bits per heavy atom. The van der Waals surface area contributed by atoms with E-state index in [0.29, 0.717) is 0 Å². The van der Waals surface area contributed by atoms with Crippen molar-refractivity contribution >= 4 is 17.8 Å². The fraction of sp³-hybridized carbons (Fsp3) is 0.222. The Morgan fingerprint density at radius 2 is 1.84 bits per heavy atom. The predicted octanol–water partition coefficient (Wildman–Crippen LogP) is 4.04. The van der Waals surface area contributed by atoms with Crippen LogP contribution >= 0.6 is 0 Å². The first-order valence-corrected chi connectivity index (χ1v) is 7.64. The van der Waals surface area contributed by atoms with E-state index in [0.717, 1.165) is 24.1 Å². The lowest BCUT2D eigenvalue weighted by Gasteiger charge is -2.11. The summed E-state index contributed by atoms with van der Waals surface area (Å²) in [7, 11) is 0. The fourth-order valence-corrected chi connectivity index (χ4v) is 1.93. The van der Waals surface area contributed by atoms with E-state index in [1.54, 1.807) is 0 Å². The van der Waals surface area contributed by atoms with Gasteiger partial charge in [-0.25, -0.2) is 13.2 Å². The summed E-state index contributed by atoms with van der Waals surface area (Å²) in [6.07, 6.45) is 1.30. The quantitative estimate of drug-likeness (QED) is 0.486. The lowest BCUT2D eigenvalue weighted by Crippen LogP contribution is -2.27. The minimum Gasteiger partial charge on any atom is -0.383 e. The Hall–Kier alpha value is -2.83. The molecule has 1 N–H and O–H groups in total. The molecule has 25 heavy (non-hydrogen) atoms. The second-order valence-electron chi connectivity index (χ2n) is 5.29. The summed E-state index contributed by atoms with van der Waals surface area (Å²) in [5, 5.41) is 5.82. The molecule has 0 radical (unpaired) electrons. The van der Waals surface area contributed by atoms with Crippen LogP contribution in [-0.4, -0.2) is 18.2 Å². The molecule has 0 unspecified atom stereocenters. The number of amides is 1. The number of oxime groups is 1. The summed E-state index contributed by atoms with van der Waals surface area (Å²) in [5.74, 6) is -5.21. The minimum absolute atomic E-state index is 0.474. The van der Waals surface area contributed by atoms with E-state index in [1.807, 2.05) is 31.2 Å². The lowest BCUT2D eigenvalue weighted by atomic mass is 10.1. The van der Waals surface area contributed by atoms with Crippen molar-refractivity contribution in [2.75, 3.05) is 5.32 Å². The minimum atomic E-state index is -1.65. The van der Waals surface area contributed by atoms with Gasteiger partial charge in [-0.2, -0.15) is 0 Å². The summed E-state index contributed by atoms with van der Waals surface area (Å²) < 4.78 is 39.5. The fourth-order valence-electron chi connectivity index (χ4n) is 1.93. The number of rotatable bonds is 6. The van der Waals surface area contributed by atoms with E-state index in [1.165, 1.54) is 18.7 Å². The summed E-state index contributed by atoms with van der Waals surface area (Å²) in [4.78, 5) is 16.9. The van der Waals surface area contributed by atoms with E-state index >= 15 is 0 Å². The molecular formula is C18H17F3N2O2. The van der Waals surface area contributed by atoms with Crippen LogP contribution in [0.3, 0.4) is 0 Å². The highest BCUT2D eigenvalue weighted by molar-refractivity contribution is 5.94. The number of carbonyl (C=O) groups is 1. The van der Waals surface area contributed by atoms with Crippen molar-refractivity contribution in [3.63, 3.8) is 0 Å². The van der Waals surface area contributed by atoms with Crippen LogP contribution in [0.1, 0.15) is 25.0 Å². The SMILES string of the molecule is CCc1ccc(/C=N\O[C@H](C)C(=O)Nc2ccc(F)c(F)c2F)cc1. The van der Waals surface area contributed by atoms with Gasteiger partial charge in [0, 0.05) is 0 Å². The Labute approximate surface area is 143 Å². The smallest absolute Gasteiger partial charge is 0.268 e. The first-order valence-electron chi connectivity index (χ1n) is 7.64. The predicted molar refractivity (Wildman–Crippen MR) is 88.9 cm³/mol. The van der Waals surface area contributed by atoms with Crippen LogP contribution in [0.5, 0.6) is 0 Å². The molecule has 1 amide bonds. The molecule has 0 spiro atoms. The molecule has 0 fully saturated rings. The van der Waals surface area contributed by atoms with Crippen molar-refractivity contribution in [2.24, 2.45) is 5.16 Å². The molecule has 0 aliphatic rings. The summed E-state index contributed by atoms with van der Waals surface area (Å²) in [6, 6.07) is 9.25. The van der Waals surface area contributed by atoms with Crippen LogP contribution in [-0.2, 0) is 16.1 Å². The number of halogens is 3. The molecule has 7 heteroatoms. The van der Waals surface area contributed by atoms with E-state index in [-0.39, 0.29) is 0 Å². The number of anilines is 1. The normalized spacial score (nSPS) is 12.2. The van der Waals surface area contributed by atoms with Gasteiger partial charge in [0.15, 0.2) is 17.5 Å². The topological polar surface area (TPSA) is 50.7 Å². The molecule has 0 saturated heterocycles. The highest BCUT2D eigenvalue weighted by Gasteiger charge is 2.19. The standard InChI is InChI=1S/C18H17F3N2O2/c1-3-12-4-6-13(7-5-12)10-22-25-11(2)18(24)23-15-9-8-14(19)16(20)17(15)21/h4-11H,3H2,1-2H3,(H,23,24)/b22-10-/t11-/m1/s1. The van der Waals surface area contributed by atoms with Gasteiger partial charge in [0.05, 0.1) is 11.9 Å². The number of aryl methyl sites for hydroxylation is 1. The number of benzene rings is 2. The number of hydrogen-bond acceptors (Lipinski definition) is 3. The van der Waals surface area contributed by atoms with Crippen LogP contribution in [0.2, 0.25) is 0 Å². The Balaban J connectivity index is 1.93. The Kier molecular flexibility index (Phi) is 6.16. The van der Waals surface area contributed by atoms with Gasteiger partial charge in [0.25, 0.3) is 5.91 Å². The average Bonchev–Trinajstić information content (AvgIpc) is 2.62. The summed E-state index contributed by atoms with van der Waals surface area (Å²) in [5.41, 5.74) is 1.49. The van der Waals surface area contributed by atoms with E-state index in [4.69, 9.17) is 4.84 Å². The molecular weight excluding hydrogens is 333 g/mol. The monoisotopic (exact) mass is 350 g/mol. The van der Waals surface area contributed by atoms with Crippen LogP contribution in [0.15, 0.2) is 41.6 Å². The third-order valence-corrected chi connectivity index (χ3v) is 3.47. The molecule has 0 aliphatic carbocycles. The maximum absolute atomic E-state index is 13.5. The number of carbonyl (C=O) groups excluding carboxylic acids is 1. The van der Waals surface area contributed by atoms with Crippen molar-refractivity contribution in [1.29, 1.82) is 0 Å². The van der Waals surface area contributed by atoms with Gasteiger partial charge in [-0.15, -0.1) is 0 Å². The number of nitrogens with one attached hydrogen (secondary N) is 1. The third-order valence-electron chi connectivity index (χ3n) is 3.47. The molecule has 132 valence electrons. The zero-order valence-corrected chi connectivity index (χ0v) is 13.7. The van der Waals surface area contributed by atoms with Gasteiger partial charge >= 0.3 is 0 Å². The van der Waals surface area contributed by atoms with Crippen molar-refractivity contribution in [3.8, 4) is 0 Å². The van der Waals surface area contributed by atoms with E-state index in [2.05, 4.69) is 10.5 Å². The van der Waals surface area contributed by atoms with Gasteiger partial charge in [-0.05, 0) is 36.6 Å². The molecule has 0 bridgehead atoms. The van der Waals surface area contributed by atoms with Crippen LogP contribution in [0.4, 0.5) is 18.9 Å². The molecule has 0 saturated carbocycles. The van der Waals surface area contributed by atoms with Crippen LogP contribution in [0, 0.1) is 17.5 Å². The zero-order valence-electron chi connectivity index (χ0n) is 13.7. The molecule has 0 heterocycles. The Bertz CT molecular complexity index is 777. The largest absolute Gasteiger partial charge is 0.383 e. The highest BCUT2D eigenvalue weighted by Crippen LogP contribution is 2.19. The summed E-state index contributed by atoms with van der Waals surface area (Å²) in [6.45, 7) is 3.44. The molecule has 2 aromatic carbocycles. The van der Waals surface area contributed by atoms with E-state index < -0.39 is 35.2 Å². The maximum Gasteiger partial charge on any atom is 0.268 e. The van der Waals surface area contributed by atoms with Gasteiger partial charge in [-0.3, -0.25) is 4.79 Å². The first-order chi connectivity index (χ1) is 11.9. The average molecular weight is 350 g/mol. The maximum atomic E-state index is 13.5. The van der Waals surface area contributed by atoms with Crippen LogP contribution in [0.25, 0.3) is 0 Å². The van der Waals surface area contributed by atoms with Gasteiger partial charge in [-0.1, -0.05) is 36.3 Å². The second-order valence-corrected chi connectivity index (χ2v) is 5.29. The van der Waals surface area contributed by atoms with Crippen molar-refractivity contribution < 1.29 is 22.8 Å². The van der Waals surface area contributed by atoms with Gasteiger partial charge in [0.2, 0.25) is 6.10 Å². The second kappa shape index (κ2) is 8.32. The molecule has 2 aromatic rings. The summed E-state index contributed by atoms with van der Waals surface area (Å²) >= 11 is 0. The highest BCUT2D eigenvalue weighted by atomic mass is 19.2.